The van der Waals surface area contributed by atoms with Crippen LogP contribution in [-0.4, -0.2) is 28.5 Å². The first-order valence-electron chi connectivity index (χ1n) is 5.88. The van der Waals surface area contributed by atoms with Gasteiger partial charge in [-0.3, -0.25) is 9.88 Å². The second-order valence-corrected chi connectivity index (χ2v) is 4.96. The molecule has 0 spiro atoms. The average molecular weight is 221 g/mol. The number of pyridine rings is 1. The molecule has 90 valence electrons. The molecule has 0 radical (unpaired) electrons. The van der Waals surface area contributed by atoms with Crippen LogP contribution in [0.5, 0.6) is 0 Å². The second-order valence-electron chi connectivity index (χ2n) is 4.96. The predicted octanol–water partition coefficient (Wildman–Crippen LogP) is 2.20. The zero-order valence-electron chi connectivity index (χ0n) is 10.8. The molecule has 0 saturated carbocycles. The summed E-state index contributed by atoms with van der Waals surface area (Å²) in [4.78, 5) is 6.79. The van der Waals surface area contributed by atoms with Crippen molar-refractivity contribution in [3.8, 4) is 0 Å². The molecule has 0 aliphatic heterocycles. The molecular weight excluding hydrogens is 198 g/mol. The van der Waals surface area contributed by atoms with E-state index in [0.29, 0.717) is 6.54 Å². The number of hydrogen-bond acceptors (Lipinski definition) is 3. The van der Waals surface area contributed by atoms with Crippen LogP contribution in [0.3, 0.4) is 0 Å². The van der Waals surface area contributed by atoms with Crippen molar-refractivity contribution in [2.75, 3.05) is 13.1 Å². The molecular formula is C13H23N3. The van der Waals surface area contributed by atoms with E-state index in [0.717, 1.165) is 12.2 Å². The highest BCUT2D eigenvalue weighted by Crippen LogP contribution is 2.25. The van der Waals surface area contributed by atoms with Gasteiger partial charge in [-0.2, -0.15) is 0 Å². The summed E-state index contributed by atoms with van der Waals surface area (Å²) in [5.74, 6) is 0. The van der Waals surface area contributed by atoms with E-state index >= 15 is 0 Å². The number of nitrogens with two attached hydrogens (primary N) is 1. The summed E-state index contributed by atoms with van der Waals surface area (Å²) in [5, 5.41) is 0. The zero-order valence-corrected chi connectivity index (χ0v) is 10.8. The molecule has 0 amide bonds. The van der Waals surface area contributed by atoms with Crippen molar-refractivity contribution in [1.82, 2.24) is 9.88 Å². The largest absolute Gasteiger partial charge is 0.329 e. The third-order valence-corrected chi connectivity index (χ3v) is 2.83. The van der Waals surface area contributed by atoms with Gasteiger partial charge in [-0.05, 0) is 39.4 Å². The lowest BCUT2D eigenvalue weighted by atomic mass is 10.0. The van der Waals surface area contributed by atoms with Crippen molar-refractivity contribution in [2.45, 2.75) is 39.3 Å². The summed E-state index contributed by atoms with van der Waals surface area (Å²) in [5.41, 5.74) is 7.06. The normalized spacial score (nSPS) is 14.1. The molecule has 1 atom stereocenters. The fraction of sp³-hybridized carbons (Fsp3) is 0.615. The van der Waals surface area contributed by atoms with Crippen LogP contribution in [0.2, 0.25) is 0 Å². The van der Waals surface area contributed by atoms with E-state index in [1.165, 1.54) is 0 Å². The van der Waals surface area contributed by atoms with E-state index in [9.17, 15) is 0 Å². The summed E-state index contributed by atoms with van der Waals surface area (Å²) in [6.07, 6.45) is 1.83. The molecule has 0 aromatic carbocycles. The van der Waals surface area contributed by atoms with Crippen LogP contribution in [-0.2, 0) is 0 Å². The van der Waals surface area contributed by atoms with E-state index in [1.807, 2.05) is 24.4 Å². The smallest absolute Gasteiger partial charge is 0.0648 e. The van der Waals surface area contributed by atoms with E-state index in [4.69, 9.17) is 5.73 Å². The number of rotatable bonds is 4. The van der Waals surface area contributed by atoms with Gasteiger partial charge in [0.1, 0.15) is 0 Å². The van der Waals surface area contributed by atoms with Gasteiger partial charge in [0.15, 0.2) is 0 Å². The third-order valence-electron chi connectivity index (χ3n) is 2.83. The summed E-state index contributed by atoms with van der Waals surface area (Å²) in [7, 11) is 0. The molecule has 1 heterocycles. The van der Waals surface area contributed by atoms with Crippen LogP contribution in [0.1, 0.15) is 39.4 Å². The molecule has 0 bridgehead atoms. The molecule has 1 aromatic rings. The Morgan fingerprint density at radius 3 is 2.44 bits per heavy atom. The topological polar surface area (TPSA) is 42.1 Å². The molecule has 16 heavy (non-hydrogen) atoms. The fourth-order valence-corrected chi connectivity index (χ4v) is 2.14. The maximum absolute atomic E-state index is 5.90. The monoisotopic (exact) mass is 221 g/mol. The van der Waals surface area contributed by atoms with Gasteiger partial charge in [-0.1, -0.05) is 13.0 Å². The predicted molar refractivity (Wildman–Crippen MR) is 68.2 cm³/mol. The minimum atomic E-state index is 0.107. The molecule has 1 rings (SSSR count). The Morgan fingerprint density at radius 2 is 2.06 bits per heavy atom. The maximum Gasteiger partial charge on any atom is 0.0648 e. The molecule has 3 heteroatoms. The van der Waals surface area contributed by atoms with Gasteiger partial charge < -0.3 is 5.73 Å². The average Bonchev–Trinajstić information content (AvgIpc) is 2.25. The molecule has 0 aliphatic rings. The van der Waals surface area contributed by atoms with Crippen LogP contribution in [0.4, 0.5) is 0 Å². The van der Waals surface area contributed by atoms with Gasteiger partial charge in [-0.25, -0.2) is 0 Å². The Kier molecular flexibility index (Phi) is 4.44. The summed E-state index contributed by atoms with van der Waals surface area (Å²) in [6, 6.07) is 6.20. The van der Waals surface area contributed by atoms with Crippen LogP contribution in [0.25, 0.3) is 0 Å². The van der Waals surface area contributed by atoms with E-state index in [1.54, 1.807) is 0 Å². The Labute approximate surface area is 98.7 Å². The van der Waals surface area contributed by atoms with Crippen LogP contribution in [0, 0.1) is 0 Å². The maximum atomic E-state index is 5.90. The molecule has 2 N–H and O–H groups in total. The Balaban J connectivity index is 2.97. The van der Waals surface area contributed by atoms with Crippen molar-refractivity contribution in [3.63, 3.8) is 0 Å². The summed E-state index contributed by atoms with van der Waals surface area (Å²) >= 11 is 0. The minimum absolute atomic E-state index is 0.107. The molecule has 1 unspecified atom stereocenters. The van der Waals surface area contributed by atoms with Crippen molar-refractivity contribution in [3.05, 3.63) is 30.1 Å². The van der Waals surface area contributed by atoms with Gasteiger partial charge in [0.05, 0.1) is 11.7 Å². The van der Waals surface area contributed by atoms with E-state index in [-0.39, 0.29) is 11.6 Å². The van der Waals surface area contributed by atoms with Crippen molar-refractivity contribution in [1.29, 1.82) is 0 Å². The van der Waals surface area contributed by atoms with Crippen molar-refractivity contribution < 1.29 is 0 Å². The van der Waals surface area contributed by atoms with Crippen molar-refractivity contribution >= 4 is 0 Å². The van der Waals surface area contributed by atoms with E-state index in [2.05, 4.69) is 37.6 Å². The van der Waals surface area contributed by atoms with Gasteiger partial charge in [0.2, 0.25) is 0 Å². The Bertz CT molecular complexity index is 303. The SMILES string of the molecule is CCN(C(CN)c1ccccn1)C(C)(C)C. The van der Waals surface area contributed by atoms with Gasteiger partial charge in [0.25, 0.3) is 0 Å². The van der Waals surface area contributed by atoms with Gasteiger partial charge >= 0.3 is 0 Å². The Morgan fingerprint density at radius 1 is 1.38 bits per heavy atom. The van der Waals surface area contributed by atoms with Gasteiger partial charge in [-0.15, -0.1) is 0 Å². The molecule has 3 nitrogen and oxygen atoms in total. The number of aromatic nitrogens is 1. The first kappa shape index (κ1) is 13.1. The van der Waals surface area contributed by atoms with Gasteiger partial charge in [0, 0.05) is 18.3 Å². The van der Waals surface area contributed by atoms with Crippen LogP contribution < -0.4 is 5.73 Å². The van der Waals surface area contributed by atoms with E-state index < -0.39 is 0 Å². The lowest BCUT2D eigenvalue weighted by molar-refractivity contribution is 0.0897. The summed E-state index contributed by atoms with van der Waals surface area (Å²) < 4.78 is 0. The first-order chi connectivity index (χ1) is 7.50. The highest BCUT2D eigenvalue weighted by molar-refractivity contribution is 5.10. The number of nitrogens with zero attached hydrogens (tertiary/aromatic N) is 2. The minimum Gasteiger partial charge on any atom is -0.329 e. The molecule has 0 fully saturated rings. The molecule has 0 aliphatic carbocycles. The lowest BCUT2D eigenvalue weighted by Gasteiger charge is -2.40. The molecule has 0 saturated heterocycles. The standard InChI is InChI=1S/C13H23N3/c1-5-16(13(2,3)4)12(10-14)11-8-6-7-9-15-11/h6-9,12H,5,10,14H2,1-4H3. The number of hydrogen-bond donors (Lipinski definition) is 1. The zero-order chi connectivity index (χ0) is 12.2. The Hall–Kier alpha value is -0.930. The van der Waals surface area contributed by atoms with Crippen LogP contribution >= 0.6 is 0 Å². The number of likely N-dealkylation sites (N-methyl/N-ethyl adjacent to an activating group) is 1. The fourth-order valence-electron chi connectivity index (χ4n) is 2.14. The quantitative estimate of drug-likeness (QED) is 0.847. The molecule has 1 aromatic heterocycles. The highest BCUT2D eigenvalue weighted by atomic mass is 15.2. The summed E-state index contributed by atoms with van der Waals surface area (Å²) in [6.45, 7) is 10.4. The third kappa shape index (κ3) is 3.03. The lowest BCUT2D eigenvalue weighted by Crippen LogP contribution is -2.46. The first-order valence-corrected chi connectivity index (χ1v) is 5.88. The van der Waals surface area contributed by atoms with Crippen molar-refractivity contribution in [2.24, 2.45) is 5.73 Å². The van der Waals surface area contributed by atoms with Crippen LogP contribution in [0.15, 0.2) is 24.4 Å². The highest BCUT2D eigenvalue weighted by Gasteiger charge is 2.28. The second kappa shape index (κ2) is 5.41.